The van der Waals surface area contributed by atoms with Crippen LogP contribution in [0.3, 0.4) is 0 Å². The average molecular weight is 1990 g/mol. The number of esters is 6. The first-order valence-corrected chi connectivity index (χ1v) is 53.5. The van der Waals surface area contributed by atoms with Crippen LogP contribution in [0.4, 0.5) is 0 Å². The lowest BCUT2D eigenvalue weighted by atomic mass is 9.85. The number of aromatic hydroxyl groups is 1. The van der Waals surface area contributed by atoms with E-state index in [2.05, 4.69) is 152 Å². The number of aliphatic hydroxyl groups is 4. The minimum Gasteiger partial charge on any atom is -0.508 e. The van der Waals surface area contributed by atoms with Gasteiger partial charge in [-0.3, -0.25) is 28.8 Å². The molecule has 0 radical (unpaired) electrons. The van der Waals surface area contributed by atoms with Gasteiger partial charge in [0, 0.05) is 65.9 Å². The number of carbonyl (C=O) groups excluding carboxylic acids is 6. The molecule has 0 saturated carbocycles. The highest BCUT2D eigenvalue weighted by Crippen LogP contribution is 2.47. The molecule has 758 valence electrons. The van der Waals surface area contributed by atoms with Crippen molar-refractivity contribution >= 4 is 82.9 Å². The van der Waals surface area contributed by atoms with Gasteiger partial charge in [-0.2, -0.15) is 0 Å². The Morgan fingerprint density at radius 1 is 0.345 bits per heavy atom. The first-order valence-electron chi connectivity index (χ1n) is 48.4. The number of rotatable bonds is 37. The van der Waals surface area contributed by atoms with Crippen LogP contribution in [-0.4, -0.2) is 183 Å². The van der Waals surface area contributed by atoms with E-state index in [4.69, 9.17) is 56.8 Å². The normalized spacial score (nSPS) is 24.4. The summed E-state index contributed by atoms with van der Waals surface area (Å²) in [5.41, 5.74) is 17.3. The number of benzene rings is 8. The highest BCUT2D eigenvalue weighted by atomic mass is 32.2. The monoisotopic (exact) mass is 1990 g/mol. The Morgan fingerprint density at radius 3 is 0.942 bits per heavy atom. The maximum atomic E-state index is 11.9. The highest BCUT2D eigenvalue weighted by Gasteiger charge is 2.52. The molecule has 0 spiro atoms. The van der Waals surface area contributed by atoms with Crippen molar-refractivity contribution in [2.75, 3.05) is 44.8 Å². The number of aryl methyl sites for hydroxylation is 5. The predicted octanol–water partition coefficient (Wildman–Crippen LogP) is 21.2. The molecule has 0 unspecified atom stereocenters. The van der Waals surface area contributed by atoms with Gasteiger partial charge in [0.1, 0.15) is 81.7 Å². The van der Waals surface area contributed by atoms with Crippen molar-refractivity contribution in [2.45, 2.75) is 302 Å². The fourth-order valence-corrected chi connectivity index (χ4v) is 20.6. The number of carbonyl (C=O) groups is 6. The van der Waals surface area contributed by atoms with Gasteiger partial charge in [0.25, 0.3) is 0 Å². The molecule has 23 nitrogen and oxygen atoms in total. The van der Waals surface area contributed by atoms with Crippen molar-refractivity contribution < 1.29 is 111 Å². The standard InChI is InChI=1S/C30H40O5S.C29H38O6S.C28H40O6S.C25H30O6S/c1-7-8-9-10-23-12-14-24(15-13-23)17-26-18-25(16-11-19(26)2)27-20(3)28(33-21(4)31)29(34-22(5)32)30(35-27)36-6;1-7-8-15-32-25-13-10-22(11-14-25)16-24-17-23(12-9-18(24)2)26-19(3)27(33-20(4)30)28(34-21(5)31)29(35-26)36-6;1-18-7-10-20(26-24(31)23(30)25(32)27(34-26)35-4)16-21(18)15-19-8-11-22(12-9-19)33-14-6-5-13-28(2,3)17-29;1-14-6-9-19(13-20(14)12-18-7-10-21(28)11-8-18)22-15(2)23(29-16(3)26)24(30-17(4)27)25(31-22)32-5/h11-16,18,20,27-30H,7-10,17H2,1-6H3;9-14,17,19,26-29H,7-8,15-16H2,1-6H3;7-12,16,23-27,29-32H,5-6,13-15,17H2,1-4H3;6-11,13,15,22-25,28H,12H2,1-5H3/t20-,27+,28+,29-,30+;19-,26+,27+,28-,29+;23-,24-,25+,26+,27-;15-,22+,23+,24-,25+/m0010/s1. The first-order chi connectivity index (χ1) is 66.3. The lowest BCUT2D eigenvalue weighted by Gasteiger charge is -2.44. The molecule has 139 heavy (non-hydrogen) atoms. The maximum absolute atomic E-state index is 11.9. The molecule has 8 aromatic carbocycles. The zero-order valence-corrected chi connectivity index (χ0v) is 88.0. The number of aliphatic hydroxyl groups excluding tert-OH is 4. The number of hydrogen-bond acceptors (Lipinski definition) is 27. The van der Waals surface area contributed by atoms with E-state index in [0.29, 0.717) is 6.61 Å². The van der Waals surface area contributed by atoms with Crippen LogP contribution in [0.25, 0.3) is 0 Å². The van der Waals surface area contributed by atoms with Crippen molar-refractivity contribution in [1.29, 1.82) is 0 Å². The lowest BCUT2D eigenvalue weighted by molar-refractivity contribution is -0.208. The van der Waals surface area contributed by atoms with E-state index < -0.39 is 119 Å². The zero-order chi connectivity index (χ0) is 101. The SMILES string of the molecule is CCCCCc1ccc(Cc2cc([C@@H]3O[C@H](SC)[C@@H](OC(C)=O)[C@H](OC(C)=O)[C@H]3C)ccc2C)cc1.CCCCOc1ccc(Cc2cc([C@@H]3O[C@H](SC)[C@@H](OC(C)=O)[C@H](OC(C)=O)[C@H]3C)ccc2C)cc1.CS[C@H]1O[C@@H](c2ccc(C)c(Cc3ccc(O)cc3)c2)[C@H](C)[C@@H](OC(C)=O)[C@@H]1OC(C)=O.CS[C@H]1O[C@@H](c2ccc(C)c(Cc3ccc(OCCCCC(C)(C)CO)cc3)c2)[C@H](O)[C@@H](O)[C@@H]1O. The summed E-state index contributed by atoms with van der Waals surface area (Å²) in [6.45, 7) is 32.6. The molecular weight excluding hydrogens is 1840 g/mol. The summed E-state index contributed by atoms with van der Waals surface area (Å²) in [6.07, 6.45) is 11.5. The fourth-order valence-electron chi connectivity index (χ4n) is 17.8. The van der Waals surface area contributed by atoms with Gasteiger partial charge in [-0.05, 0) is 253 Å². The van der Waals surface area contributed by atoms with E-state index in [1.807, 2.05) is 100 Å². The van der Waals surface area contributed by atoms with Crippen molar-refractivity contribution in [3.63, 3.8) is 0 Å². The number of thioether (sulfide) groups is 4. The number of hydrogen-bond donors (Lipinski definition) is 5. The smallest absolute Gasteiger partial charge is 0.303 e. The Labute approximate surface area is 840 Å². The molecular formula is C112H148O23S4. The molecule has 4 heterocycles. The molecule has 4 saturated heterocycles. The van der Waals surface area contributed by atoms with E-state index in [-0.39, 0.29) is 53.8 Å². The third-order valence-corrected chi connectivity index (χ3v) is 29.3. The molecule has 20 atom stereocenters. The second-order valence-electron chi connectivity index (χ2n) is 37.6. The van der Waals surface area contributed by atoms with Gasteiger partial charge in [0.05, 0.1) is 31.5 Å². The second-order valence-corrected chi connectivity index (χ2v) is 41.4. The largest absolute Gasteiger partial charge is 0.508 e. The number of phenolic OH excluding ortho intramolecular Hbond substituents is 1. The highest BCUT2D eigenvalue weighted by molar-refractivity contribution is 7.99. The van der Waals surface area contributed by atoms with Crippen LogP contribution in [0.5, 0.6) is 17.2 Å². The summed E-state index contributed by atoms with van der Waals surface area (Å²) >= 11 is 5.64. The molecule has 0 amide bonds. The van der Waals surface area contributed by atoms with Crippen LogP contribution in [0, 0.1) is 50.9 Å². The van der Waals surface area contributed by atoms with Crippen LogP contribution in [0.1, 0.15) is 260 Å². The minimum absolute atomic E-state index is 0.0317. The molecule has 0 bridgehead atoms. The van der Waals surface area contributed by atoms with Crippen molar-refractivity contribution in [1.82, 2.24) is 0 Å². The molecule has 4 fully saturated rings. The van der Waals surface area contributed by atoms with Crippen molar-refractivity contribution in [3.05, 3.63) is 264 Å². The molecule has 27 heteroatoms. The molecule has 5 N–H and O–H groups in total. The fraction of sp³-hybridized carbons (Fsp3) is 0.518. The van der Waals surface area contributed by atoms with Gasteiger partial charge < -0.3 is 82.4 Å². The lowest BCUT2D eigenvalue weighted by Crippen LogP contribution is -2.52. The Balaban J connectivity index is 0.000000207. The minimum atomic E-state index is -1.26. The Hall–Kier alpha value is -8.94. The Bertz CT molecular complexity index is 5040. The Morgan fingerprint density at radius 2 is 0.633 bits per heavy atom. The van der Waals surface area contributed by atoms with E-state index in [0.717, 1.165) is 138 Å². The number of phenols is 1. The van der Waals surface area contributed by atoms with Gasteiger partial charge in [-0.15, -0.1) is 47.0 Å². The van der Waals surface area contributed by atoms with Gasteiger partial charge in [-0.25, -0.2) is 0 Å². The number of ether oxygens (including phenoxy) is 12. The third-order valence-electron chi connectivity index (χ3n) is 25.9. The summed E-state index contributed by atoms with van der Waals surface area (Å²) in [6, 6.07) is 57.4. The van der Waals surface area contributed by atoms with Crippen LogP contribution in [0.2, 0.25) is 0 Å². The van der Waals surface area contributed by atoms with E-state index in [1.54, 1.807) is 18.4 Å². The topological polar surface area (TPSA) is 314 Å². The van der Waals surface area contributed by atoms with Crippen LogP contribution in [0.15, 0.2) is 170 Å². The summed E-state index contributed by atoms with van der Waals surface area (Å²) in [5, 5.41) is 49.9. The quantitative estimate of drug-likeness (QED) is 0.0137. The predicted molar refractivity (Wildman–Crippen MR) is 551 cm³/mol. The van der Waals surface area contributed by atoms with E-state index >= 15 is 0 Å². The Kier molecular flexibility index (Phi) is 45.5. The van der Waals surface area contributed by atoms with Crippen LogP contribution < -0.4 is 9.47 Å². The third kappa shape index (κ3) is 33.6. The summed E-state index contributed by atoms with van der Waals surface area (Å²) < 4.78 is 70.5. The van der Waals surface area contributed by atoms with Crippen molar-refractivity contribution in [2.24, 2.45) is 23.2 Å². The second kappa shape index (κ2) is 55.6. The molecule has 4 aliphatic heterocycles. The summed E-state index contributed by atoms with van der Waals surface area (Å²) in [7, 11) is 0. The zero-order valence-electron chi connectivity index (χ0n) is 84.7. The number of unbranched alkanes of at least 4 members (excludes halogenated alkanes) is 4. The molecule has 0 aromatic heterocycles. The average Bonchev–Trinajstić information content (AvgIpc) is 0.760. The first kappa shape index (κ1) is 114. The molecule has 12 rings (SSSR count). The van der Waals surface area contributed by atoms with Crippen molar-refractivity contribution in [3.8, 4) is 17.2 Å². The van der Waals surface area contributed by atoms with Crippen LogP contribution >= 0.6 is 47.0 Å². The van der Waals surface area contributed by atoms with Gasteiger partial charge >= 0.3 is 35.8 Å². The maximum Gasteiger partial charge on any atom is 0.303 e. The summed E-state index contributed by atoms with van der Waals surface area (Å²) in [5.74, 6) is -1.16. The molecule has 0 aliphatic carbocycles. The van der Waals surface area contributed by atoms with Gasteiger partial charge in [-0.1, -0.05) is 201 Å². The summed E-state index contributed by atoms with van der Waals surface area (Å²) in [4.78, 5) is 70.9. The van der Waals surface area contributed by atoms with Gasteiger partial charge in [0.15, 0.2) is 18.3 Å². The van der Waals surface area contributed by atoms with E-state index in [1.165, 1.54) is 147 Å². The molecule has 8 aromatic rings. The van der Waals surface area contributed by atoms with Crippen LogP contribution in [-0.2, 0) is 108 Å². The van der Waals surface area contributed by atoms with E-state index in [9.17, 15) is 54.3 Å². The van der Waals surface area contributed by atoms with Gasteiger partial charge in [0.2, 0.25) is 0 Å². The molecule has 4 aliphatic rings.